The Kier molecular flexibility index (Phi) is 3.15. The summed E-state index contributed by atoms with van der Waals surface area (Å²) in [5.41, 5.74) is 11.5. The van der Waals surface area contributed by atoms with Gasteiger partial charge in [0.05, 0.1) is 11.4 Å². The third kappa shape index (κ3) is 2.38. The van der Waals surface area contributed by atoms with Crippen molar-refractivity contribution in [1.82, 2.24) is 15.0 Å². The van der Waals surface area contributed by atoms with Gasteiger partial charge in [-0.2, -0.15) is 9.97 Å². The lowest BCUT2D eigenvalue weighted by atomic mass is 10.1. The molecule has 0 spiro atoms. The first-order valence-corrected chi connectivity index (χ1v) is 7.87. The summed E-state index contributed by atoms with van der Waals surface area (Å²) in [6.45, 7) is 3.97. The zero-order valence-corrected chi connectivity index (χ0v) is 13.3. The Bertz CT molecular complexity index is 903. The van der Waals surface area contributed by atoms with Gasteiger partial charge in [0.1, 0.15) is 5.82 Å². The normalized spacial score (nSPS) is 16.5. The molecule has 1 aromatic carbocycles. The number of pyridine rings is 1. The van der Waals surface area contributed by atoms with Crippen LogP contribution in [0.1, 0.15) is 34.8 Å². The Morgan fingerprint density at radius 3 is 2.83 bits per heavy atom. The molecule has 1 aliphatic rings. The molecule has 0 saturated heterocycles. The molecule has 5 nitrogen and oxygen atoms in total. The summed E-state index contributed by atoms with van der Waals surface area (Å²) in [5.74, 6) is 1.03. The highest BCUT2D eigenvalue weighted by Crippen LogP contribution is 2.33. The van der Waals surface area contributed by atoms with E-state index in [1.54, 1.807) is 0 Å². The second-order valence-electron chi connectivity index (χ2n) is 6.15. The highest BCUT2D eigenvalue weighted by Gasteiger charge is 2.23. The van der Waals surface area contributed by atoms with Crippen LogP contribution in [-0.4, -0.2) is 15.0 Å². The molecule has 0 radical (unpaired) electrons. The average Bonchev–Trinajstić information content (AvgIpc) is 2.89. The fourth-order valence-electron chi connectivity index (χ4n) is 3.44. The fraction of sp³-hybridized carbons (Fsp3) is 0.278. The van der Waals surface area contributed by atoms with Gasteiger partial charge < -0.3 is 11.1 Å². The molecule has 116 valence electrons. The van der Waals surface area contributed by atoms with E-state index in [-0.39, 0.29) is 6.04 Å². The van der Waals surface area contributed by atoms with Gasteiger partial charge in [0, 0.05) is 5.69 Å². The first-order valence-electron chi connectivity index (χ1n) is 7.87. The first kappa shape index (κ1) is 13.9. The number of rotatable bonds is 2. The second-order valence-corrected chi connectivity index (χ2v) is 6.15. The third-order valence-corrected chi connectivity index (χ3v) is 4.46. The number of anilines is 2. The smallest absolute Gasteiger partial charge is 0.227 e. The molecule has 1 unspecified atom stereocenters. The summed E-state index contributed by atoms with van der Waals surface area (Å²) in [4.78, 5) is 13.5. The molecule has 3 aromatic rings. The van der Waals surface area contributed by atoms with Crippen LogP contribution in [-0.2, 0) is 6.42 Å². The van der Waals surface area contributed by atoms with E-state index in [1.165, 1.54) is 11.1 Å². The highest BCUT2D eigenvalue weighted by molar-refractivity contribution is 5.89. The standard InChI is InChI=1S/C18H19N5/c1-10-9-11(2)20-17-15(10)16(19)22-18(23-17)21-14-8-7-12-5-3-4-6-13(12)14/h3-6,9,14H,7-8H2,1-2H3,(H3,19,20,21,22,23). The van der Waals surface area contributed by atoms with Gasteiger partial charge in [-0.15, -0.1) is 0 Å². The minimum absolute atomic E-state index is 0.231. The van der Waals surface area contributed by atoms with Crippen molar-refractivity contribution in [2.75, 3.05) is 11.1 Å². The van der Waals surface area contributed by atoms with Crippen molar-refractivity contribution in [3.05, 3.63) is 52.7 Å². The Morgan fingerprint density at radius 1 is 1.13 bits per heavy atom. The molecule has 3 N–H and O–H groups in total. The number of aryl methyl sites for hydroxylation is 3. The van der Waals surface area contributed by atoms with Crippen LogP contribution in [0.3, 0.4) is 0 Å². The average molecular weight is 305 g/mol. The van der Waals surface area contributed by atoms with Crippen LogP contribution in [0, 0.1) is 13.8 Å². The Hall–Kier alpha value is -2.69. The maximum atomic E-state index is 6.15. The lowest BCUT2D eigenvalue weighted by Gasteiger charge is -2.15. The number of fused-ring (bicyclic) bond motifs is 2. The molecular weight excluding hydrogens is 286 g/mol. The molecule has 2 aromatic heterocycles. The van der Waals surface area contributed by atoms with Crippen molar-refractivity contribution in [2.24, 2.45) is 0 Å². The molecule has 0 aliphatic heterocycles. The van der Waals surface area contributed by atoms with Crippen molar-refractivity contribution in [3.8, 4) is 0 Å². The Morgan fingerprint density at radius 2 is 1.96 bits per heavy atom. The van der Waals surface area contributed by atoms with Crippen LogP contribution >= 0.6 is 0 Å². The van der Waals surface area contributed by atoms with Gasteiger partial charge in [-0.25, -0.2) is 4.98 Å². The molecule has 2 heterocycles. The number of aromatic nitrogens is 3. The number of benzene rings is 1. The van der Waals surface area contributed by atoms with E-state index < -0.39 is 0 Å². The monoisotopic (exact) mass is 305 g/mol. The van der Waals surface area contributed by atoms with Crippen LogP contribution < -0.4 is 11.1 Å². The van der Waals surface area contributed by atoms with Gasteiger partial charge in [0.25, 0.3) is 0 Å². The van der Waals surface area contributed by atoms with Crippen molar-refractivity contribution in [2.45, 2.75) is 32.7 Å². The molecule has 0 amide bonds. The SMILES string of the molecule is Cc1cc(C)c2c(N)nc(NC3CCc4ccccc43)nc2n1. The topological polar surface area (TPSA) is 76.7 Å². The summed E-state index contributed by atoms with van der Waals surface area (Å²) in [6.07, 6.45) is 2.12. The number of hydrogen-bond acceptors (Lipinski definition) is 5. The van der Waals surface area contributed by atoms with Gasteiger partial charge in [-0.05, 0) is 49.4 Å². The van der Waals surface area contributed by atoms with E-state index in [0.29, 0.717) is 17.4 Å². The summed E-state index contributed by atoms with van der Waals surface area (Å²) in [6, 6.07) is 10.7. The van der Waals surface area contributed by atoms with Crippen molar-refractivity contribution < 1.29 is 0 Å². The maximum absolute atomic E-state index is 6.15. The van der Waals surface area contributed by atoms with E-state index >= 15 is 0 Å². The largest absolute Gasteiger partial charge is 0.383 e. The summed E-state index contributed by atoms with van der Waals surface area (Å²) >= 11 is 0. The van der Waals surface area contributed by atoms with Crippen molar-refractivity contribution >= 4 is 22.8 Å². The molecule has 23 heavy (non-hydrogen) atoms. The van der Waals surface area contributed by atoms with Crippen LogP contribution in [0.5, 0.6) is 0 Å². The van der Waals surface area contributed by atoms with Crippen LogP contribution in [0.2, 0.25) is 0 Å². The Labute approximate surface area is 135 Å². The molecule has 0 saturated carbocycles. The zero-order valence-electron chi connectivity index (χ0n) is 13.3. The molecule has 1 atom stereocenters. The lowest BCUT2D eigenvalue weighted by Crippen LogP contribution is -2.11. The number of hydrogen-bond donors (Lipinski definition) is 2. The van der Waals surface area contributed by atoms with Crippen LogP contribution in [0.25, 0.3) is 11.0 Å². The second kappa shape index (κ2) is 5.19. The predicted molar refractivity (Wildman–Crippen MR) is 92.3 cm³/mol. The van der Waals surface area contributed by atoms with E-state index in [0.717, 1.165) is 29.5 Å². The minimum atomic E-state index is 0.231. The zero-order chi connectivity index (χ0) is 16.0. The number of nitrogens with one attached hydrogen (secondary N) is 1. The van der Waals surface area contributed by atoms with Gasteiger partial charge in [0.15, 0.2) is 5.65 Å². The lowest BCUT2D eigenvalue weighted by molar-refractivity contribution is 0.752. The molecule has 1 aliphatic carbocycles. The fourth-order valence-corrected chi connectivity index (χ4v) is 3.44. The summed E-state index contributed by atoms with van der Waals surface area (Å²) < 4.78 is 0. The van der Waals surface area contributed by atoms with Crippen molar-refractivity contribution in [3.63, 3.8) is 0 Å². The molecular formula is C18H19N5. The highest BCUT2D eigenvalue weighted by atomic mass is 15.2. The maximum Gasteiger partial charge on any atom is 0.227 e. The van der Waals surface area contributed by atoms with Crippen LogP contribution in [0.4, 0.5) is 11.8 Å². The van der Waals surface area contributed by atoms with Gasteiger partial charge in [0.2, 0.25) is 5.95 Å². The van der Waals surface area contributed by atoms with E-state index in [4.69, 9.17) is 5.73 Å². The van der Waals surface area contributed by atoms with Gasteiger partial charge in [-0.1, -0.05) is 24.3 Å². The first-order chi connectivity index (χ1) is 11.1. The third-order valence-electron chi connectivity index (χ3n) is 4.46. The van der Waals surface area contributed by atoms with Crippen molar-refractivity contribution in [1.29, 1.82) is 0 Å². The van der Waals surface area contributed by atoms with E-state index in [9.17, 15) is 0 Å². The Balaban J connectivity index is 1.73. The van der Waals surface area contributed by atoms with Gasteiger partial charge >= 0.3 is 0 Å². The molecule has 0 fully saturated rings. The number of nitrogen functional groups attached to an aromatic ring is 1. The predicted octanol–water partition coefficient (Wildman–Crippen LogP) is 3.32. The summed E-state index contributed by atoms with van der Waals surface area (Å²) in [5, 5.41) is 4.27. The molecule has 5 heteroatoms. The molecule has 4 rings (SSSR count). The van der Waals surface area contributed by atoms with Gasteiger partial charge in [-0.3, -0.25) is 0 Å². The number of nitrogens with zero attached hydrogens (tertiary/aromatic N) is 3. The van der Waals surface area contributed by atoms with Crippen LogP contribution in [0.15, 0.2) is 30.3 Å². The van der Waals surface area contributed by atoms with E-state index in [1.807, 2.05) is 19.9 Å². The quantitative estimate of drug-likeness (QED) is 0.759. The van der Waals surface area contributed by atoms with E-state index in [2.05, 4.69) is 44.5 Å². The summed E-state index contributed by atoms with van der Waals surface area (Å²) in [7, 11) is 0. The number of nitrogens with two attached hydrogens (primary N) is 1. The molecule has 0 bridgehead atoms. The minimum Gasteiger partial charge on any atom is -0.383 e.